The van der Waals surface area contributed by atoms with Crippen molar-refractivity contribution < 1.29 is 23.8 Å². The molecule has 2 heterocycles. The second-order valence-electron chi connectivity index (χ2n) is 14.6. The SMILES string of the molecule is Cc1ccc(C2=Cc3c(ccc(C)c3-c3cccc(Cl)c3)[CH]2[Zr]([Cl])([Cl])([CH]2C(c3ccc(C)o3)=Cc3c2ccc(C)c3-c2cccc(Cl)c2)=[Si](C)C)o1. The number of hydrogen-bond acceptors (Lipinski definition) is 2. The molecule has 0 radical (unpaired) electrons. The van der Waals surface area contributed by atoms with Crippen LogP contribution in [0.1, 0.15) is 63.7 Å². The fourth-order valence-electron chi connectivity index (χ4n) is 8.66. The van der Waals surface area contributed by atoms with Gasteiger partial charge in [0.1, 0.15) is 0 Å². The van der Waals surface area contributed by atoms with Crippen LogP contribution in [0.5, 0.6) is 0 Å². The van der Waals surface area contributed by atoms with Gasteiger partial charge in [0.15, 0.2) is 0 Å². The Hall–Kier alpha value is -2.82. The predicted octanol–water partition coefficient (Wildman–Crippen LogP) is 14.9. The number of hydrogen-bond donors (Lipinski definition) is 0. The van der Waals surface area contributed by atoms with E-state index < -0.39 is 20.4 Å². The van der Waals surface area contributed by atoms with Gasteiger partial charge in [0.2, 0.25) is 0 Å². The van der Waals surface area contributed by atoms with Crippen LogP contribution in [0.4, 0.5) is 0 Å². The number of allylic oxidation sites excluding steroid dienone is 2. The molecule has 2 unspecified atom stereocenters. The summed E-state index contributed by atoms with van der Waals surface area (Å²) >= 11 is 7.81. The van der Waals surface area contributed by atoms with Gasteiger partial charge in [-0.3, -0.25) is 0 Å². The first-order valence-corrected chi connectivity index (χ1v) is 33.6. The number of furan rings is 2. The molecule has 52 heavy (non-hydrogen) atoms. The summed E-state index contributed by atoms with van der Waals surface area (Å²) in [5.74, 6) is 3.29. The Morgan fingerprint density at radius 2 is 0.981 bits per heavy atom. The molecule has 2 aliphatic rings. The fraction of sp³-hybridized carbons (Fsp3) is 0.182. The van der Waals surface area contributed by atoms with E-state index in [1.807, 2.05) is 62.4 Å². The van der Waals surface area contributed by atoms with Crippen LogP contribution in [0.15, 0.2) is 106 Å². The van der Waals surface area contributed by atoms with Crippen molar-refractivity contribution >= 4 is 69.0 Å². The molecule has 8 rings (SSSR count). The number of fused-ring (bicyclic) bond motifs is 2. The standard InChI is InChI=1S/2C21H16ClO.C2H6Si.2ClH.Zr/c2*1-13-6-8-15-10-17(20-9-7-14(2)23-20)12-19(15)21(13)16-4-3-5-18(22)11-16;1-3-2;;;/h2*3-12H,1-2H3;1-2H3;2*1H;/q;;;;;+2/p-2. The van der Waals surface area contributed by atoms with Gasteiger partial charge in [-0.2, -0.15) is 0 Å². The molecular weight excluding hydrogens is 822 g/mol. The van der Waals surface area contributed by atoms with Gasteiger partial charge in [-0.15, -0.1) is 0 Å². The van der Waals surface area contributed by atoms with Crippen LogP contribution in [-0.2, 0) is 15.0 Å². The molecule has 0 bridgehead atoms. The molecule has 2 aliphatic carbocycles. The van der Waals surface area contributed by atoms with E-state index in [9.17, 15) is 0 Å². The molecule has 4 aromatic carbocycles. The third-order valence-corrected chi connectivity index (χ3v) is 57.8. The molecule has 0 saturated carbocycles. The molecule has 0 fully saturated rings. The van der Waals surface area contributed by atoms with Gasteiger partial charge in [0.25, 0.3) is 0 Å². The first-order valence-electron chi connectivity index (χ1n) is 17.5. The van der Waals surface area contributed by atoms with E-state index in [0.717, 1.165) is 89.8 Å². The van der Waals surface area contributed by atoms with E-state index in [2.05, 4.69) is 87.6 Å². The molecule has 8 heteroatoms. The Labute approximate surface area is 323 Å². The molecule has 262 valence electrons. The molecular formula is C44H38Cl4O2SiZr. The number of aryl methyl sites for hydroxylation is 4. The summed E-state index contributed by atoms with van der Waals surface area (Å²) in [5, 5.41) is 1.39. The van der Waals surface area contributed by atoms with Crippen LogP contribution >= 0.6 is 40.2 Å². The van der Waals surface area contributed by atoms with Crippen LogP contribution in [0.25, 0.3) is 45.6 Å². The Bertz CT molecular complexity index is 2430. The number of rotatable bonds is 6. The van der Waals surface area contributed by atoms with E-state index >= 15 is 0 Å². The van der Waals surface area contributed by atoms with Crippen molar-refractivity contribution in [3.63, 3.8) is 0 Å². The quantitative estimate of drug-likeness (QED) is 0.156. The van der Waals surface area contributed by atoms with Crippen LogP contribution in [0.2, 0.25) is 23.1 Å². The summed E-state index contributed by atoms with van der Waals surface area (Å²) in [6.45, 7) is 12.9. The van der Waals surface area contributed by atoms with Gasteiger partial charge >= 0.3 is 327 Å². The van der Waals surface area contributed by atoms with Crippen molar-refractivity contribution in [2.75, 3.05) is 0 Å². The molecule has 0 spiro atoms. The summed E-state index contributed by atoms with van der Waals surface area (Å²) in [4.78, 5) is 0. The topological polar surface area (TPSA) is 26.3 Å². The molecule has 2 aromatic heterocycles. The van der Waals surface area contributed by atoms with Crippen molar-refractivity contribution in [2.45, 2.75) is 48.0 Å². The van der Waals surface area contributed by atoms with Gasteiger partial charge in [-0.05, 0) is 0 Å². The Morgan fingerprint density at radius 1 is 0.558 bits per heavy atom. The summed E-state index contributed by atoms with van der Waals surface area (Å²) in [6, 6.07) is 33.3. The van der Waals surface area contributed by atoms with Crippen LogP contribution in [0.3, 0.4) is 0 Å². The Kier molecular flexibility index (Phi) is 9.17. The Balaban J connectivity index is 1.47. The van der Waals surface area contributed by atoms with E-state index in [1.165, 1.54) is 0 Å². The second-order valence-corrected chi connectivity index (χ2v) is 54.2. The van der Waals surface area contributed by atoms with Gasteiger partial charge in [0, 0.05) is 0 Å². The zero-order chi connectivity index (χ0) is 36.7. The summed E-state index contributed by atoms with van der Waals surface area (Å²) in [5.41, 5.74) is 11.9. The third kappa shape index (κ3) is 5.67. The monoisotopic (exact) mass is 856 g/mol. The van der Waals surface area contributed by atoms with Crippen molar-refractivity contribution in [2.24, 2.45) is 0 Å². The average molecular weight is 860 g/mol. The van der Waals surface area contributed by atoms with Gasteiger partial charge in [-0.25, -0.2) is 0 Å². The van der Waals surface area contributed by atoms with Crippen LogP contribution in [-0.4, -0.2) is 5.43 Å². The third-order valence-electron chi connectivity index (χ3n) is 11.1. The second kappa shape index (κ2) is 13.2. The molecule has 0 amide bonds. The van der Waals surface area contributed by atoms with Gasteiger partial charge in [0.05, 0.1) is 0 Å². The Morgan fingerprint density at radius 3 is 1.33 bits per heavy atom. The van der Waals surface area contributed by atoms with E-state index in [4.69, 9.17) is 49.1 Å². The van der Waals surface area contributed by atoms with Gasteiger partial charge < -0.3 is 0 Å². The van der Waals surface area contributed by atoms with Crippen LogP contribution < -0.4 is 0 Å². The predicted molar refractivity (Wildman–Crippen MR) is 221 cm³/mol. The summed E-state index contributed by atoms with van der Waals surface area (Å²) in [6.07, 6.45) is 4.60. The summed E-state index contributed by atoms with van der Waals surface area (Å²) in [7, 11) is 17.7. The van der Waals surface area contributed by atoms with Crippen molar-refractivity contribution in [3.05, 3.63) is 164 Å². The van der Waals surface area contributed by atoms with Crippen molar-refractivity contribution in [3.8, 4) is 22.3 Å². The maximum atomic E-state index is 8.84. The summed E-state index contributed by atoms with van der Waals surface area (Å²) < 4.78 is 12.4. The van der Waals surface area contributed by atoms with Gasteiger partial charge in [-0.1, -0.05) is 0 Å². The maximum absolute atomic E-state index is 8.84. The number of benzene rings is 4. The molecule has 0 aliphatic heterocycles. The number of halogens is 4. The average Bonchev–Trinajstić information content (AvgIpc) is 3.89. The van der Waals surface area contributed by atoms with Crippen molar-refractivity contribution in [1.29, 1.82) is 0 Å². The fourth-order valence-corrected chi connectivity index (χ4v) is 36.7. The van der Waals surface area contributed by atoms with E-state index in [0.29, 0.717) is 10.0 Å². The minimum atomic E-state index is -5.38. The van der Waals surface area contributed by atoms with E-state index in [1.54, 1.807) is 0 Å². The minimum absolute atomic E-state index is 0.265. The zero-order valence-electron chi connectivity index (χ0n) is 29.9. The van der Waals surface area contributed by atoms with E-state index in [-0.39, 0.29) is 7.25 Å². The molecule has 2 atom stereocenters. The zero-order valence-corrected chi connectivity index (χ0v) is 36.4. The molecule has 2 nitrogen and oxygen atoms in total. The van der Waals surface area contributed by atoms with Crippen LogP contribution in [0, 0.1) is 27.7 Å². The normalized spacial score (nSPS) is 16.8. The first-order chi connectivity index (χ1) is 24.8. The molecule has 0 N–H and O–H groups in total. The molecule has 6 aromatic rings. The first kappa shape index (κ1) is 36.2. The van der Waals surface area contributed by atoms with Crippen molar-refractivity contribution in [1.82, 2.24) is 0 Å². The molecule has 0 saturated heterocycles.